The lowest BCUT2D eigenvalue weighted by Crippen LogP contribution is -1.99. The number of aromatic nitrogens is 3. The molecule has 100 valence electrons. The number of hydrogen-bond acceptors (Lipinski definition) is 3. The third-order valence-electron chi connectivity index (χ3n) is 2.82. The van der Waals surface area contributed by atoms with Crippen LogP contribution >= 0.6 is 34.4 Å². The second-order valence-electron chi connectivity index (χ2n) is 4.18. The van der Waals surface area contributed by atoms with E-state index in [1.807, 2.05) is 41.1 Å². The molecule has 0 atom stereocenters. The van der Waals surface area contributed by atoms with Crippen molar-refractivity contribution in [3.63, 3.8) is 0 Å². The van der Waals surface area contributed by atoms with Crippen LogP contribution < -0.4 is 0 Å². The highest BCUT2D eigenvalue weighted by Crippen LogP contribution is 2.25. The Morgan fingerprint density at radius 1 is 0.950 bits per heavy atom. The van der Waals surface area contributed by atoms with Crippen LogP contribution in [0.25, 0.3) is 11.3 Å². The fourth-order valence-corrected chi connectivity index (χ4v) is 3.53. The van der Waals surface area contributed by atoms with E-state index in [0.29, 0.717) is 0 Å². The van der Waals surface area contributed by atoms with E-state index in [9.17, 15) is 0 Å². The zero-order valence-electron chi connectivity index (χ0n) is 10.6. The van der Waals surface area contributed by atoms with E-state index in [0.717, 1.165) is 20.8 Å². The summed E-state index contributed by atoms with van der Waals surface area (Å²) in [6.07, 6.45) is 0. The average molecular weight is 393 g/mol. The van der Waals surface area contributed by atoms with Gasteiger partial charge in [0.1, 0.15) is 9.39 Å². The van der Waals surface area contributed by atoms with Crippen molar-refractivity contribution in [3.8, 4) is 11.3 Å². The predicted molar refractivity (Wildman–Crippen MR) is 90.5 cm³/mol. The first-order valence-corrected chi connectivity index (χ1v) is 8.23. The molecule has 0 N–H and O–H groups in total. The van der Waals surface area contributed by atoms with Crippen LogP contribution in [0, 0.1) is 3.70 Å². The van der Waals surface area contributed by atoms with Gasteiger partial charge in [0.05, 0.1) is 5.88 Å². The maximum atomic E-state index is 4.29. The highest BCUT2D eigenvalue weighted by atomic mass is 127. The minimum Gasteiger partial charge on any atom is -0.228 e. The van der Waals surface area contributed by atoms with Crippen molar-refractivity contribution in [3.05, 3.63) is 64.4 Å². The summed E-state index contributed by atoms with van der Waals surface area (Å²) in [5.74, 6) is 0.766. The van der Waals surface area contributed by atoms with Crippen LogP contribution in [0.5, 0.6) is 0 Å². The van der Waals surface area contributed by atoms with E-state index < -0.39 is 0 Å². The topological polar surface area (TPSA) is 30.7 Å². The van der Waals surface area contributed by atoms with Crippen LogP contribution in [0.1, 0.15) is 0 Å². The van der Waals surface area contributed by atoms with Gasteiger partial charge in [-0.2, -0.15) is 0 Å². The molecule has 5 heteroatoms. The van der Waals surface area contributed by atoms with Gasteiger partial charge >= 0.3 is 0 Å². The lowest BCUT2D eigenvalue weighted by atomic mass is 10.2. The van der Waals surface area contributed by atoms with E-state index in [2.05, 4.69) is 57.2 Å². The van der Waals surface area contributed by atoms with E-state index in [4.69, 9.17) is 0 Å². The molecule has 0 saturated heterocycles. The smallest absolute Gasteiger partial charge is 0.128 e. The number of thioether (sulfide) groups is 1. The Kier molecular flexibility index (Phi) is 4.37. The third kappa shape index (κ3) is 3.04. The first-order chi connectivity index (χ1) is 9.84. The van der Waals surface area contributed by atoms with Gasteiger partial charge in [-0.25, -0.2) is 4.68 Å². The monoisotopic (exact) mass is 393 g/mol. The Bertz CT molecular complexity index is 683. The summed E-state index contributed by atoms with van der Waals surface area (Å²) in [5.41, 5.74) is 2.05. The number of rotatable bonds is 4. The number of hydrogen-bond donors (Lipinski definition) is 0. The highest BCUT2D eigenvalue weighted by molar-refractivity contribution is 14.1. The first-order valence-electron chi connectivity index (χ1n) is 6.17. The molecule has 1 aromatic heterocycles. The van der Waals surface area contributed by atoms with Crippen molar-refractivity contribution in [2.75, 3.05) is 0 Å². The highest BCUT2D eigenvalue weighted by Gasteiger charge is 2.11. The summed E-state index contributed by atoms with van der Waals surface area (Å²) in [4.78, 5) is 1.24. The quantitative estimate of drug-likeness (QED) is 0.489. The molecule has 0 aliphatic carbocycles. The SMILES string of the molecule is Ic1c(-c2ccccc2)nnn1CSc1ccccc1. The second kappa shape index (κ2) is 6.41. The Balaban J connectivity index is 1.78. The van der Waals surface area contributed by atoms with Gasteiger partial charge in [0, 0.05) is 10.5 Å². The fraction of sp³-hybridized carbons (Fsp3) is 0.0667. The van der Waals surface area contributed by atoms with Gasteiger partial charge in [0.25, 0.3) is 0 Å². The molecule has 3 aromatic rings. The molecule has 1 heterocycles. The largest absolute Gasteiger partial charge is 0.228 e. The normalized spacial score (nSPS) is 10.7. The van der Waals surface area contributed by atoms with Gasteiger partial charge in [-0.05, 0) is 34.7 Å². The Morgan fingerprint density at radius 2 is 1.60 bits per heavy atom. The standard InChI is InChI=1S/C15H12IN3S/c16-15-14(12-7-3-1-4-8-12)17-18-19(15)11-20-13-9-5-2-6-10-13/h1-10H,11H2. The van der Waals surface area contributed by atoms with Gasteiger partial charge in [-0.15, -0.1) is 16.9 Å². The van der Waals surface area contributed by atoms with Gasteiger partial charge in [0.15, 0.2) is 0 Å². The molecule has 0 bridgehead atoms. The molecule has 0 aliphatic heterocycles. The van der Waals surface area contributed by atoms with Gasteiger partial charge in [-0.1, -0.05) is 53.7 Å². The van der Waals surface area contributed by atoms with Crippen LogP contribution in [-0.2, 0) is 5.88 Å². The lowest BCUT2D eigenvalue weighted by molar-refractivity contribution is 0.687. The Labute approximate surface area is 135 Å². The molecular weight excluding hydrogens is 381 g/mol. The molecule has 2 aromatic carbocycles. The maximum absolute atomic E-state index is 4.29. The molecule has 0 spiro atoms. The zero-order chi connectivity index (χ0) is 13.8. The molecule has 0 amide bonds. The number of halogens is 1. The van der Waals surface area contributed by atoms with Crippen molar-refractivity contribution < 1.29 is 0 Å². The van der Waals surface area contributed by atoms with Gasteiger partial charge < -0.3 is 0 Å². The van der Waals surface area contributed by atoms with Gasteiger partial charge in [-0.3, -0.25) is 0 Å². The summed E-state index contributed by atoms with van der Waals surface area (Å²) >= 11 is 4.06. The van der Waals surface area contributed by atoms with Crippen molar-refractivity contribution in [1.29, 1.82) is 0 Å². The van der Waals surface area contributed by atoms with Crippen LogP contribution in [0.2, 0.25) is 0 Å². The molecule has 3 nitrogen and oxygen atoms in total. The van der Waals surface area contributed by atoms with Crippen molar-refractivity contribution >= 4 is 34.4 Å². The van der Waals surface area contributed by atoms with Gasteiger partial charge in [0.2, 0.25) is 0 Å². The third-order valence-corrected chi connectivity index (χ3v) is 4.87. The molecule has 0 aliphatic rings. The molecule has 0 radical (unpaired) electrons. The summed E-state index contributed by atoms with van der Waals surface area (Å²) in [7, 11) is 0. The number of nitrogens with zero attached hydrogens (tertiary/aromatic N) is 3. The van der Waals surface area contributed by atoms with E-state index in [-0.39, 0.29) is 0 Å². The van der Waals surface area contributed by atoms with Crippen LogP contribution in [0.4, 0.5) is 0 Å². The Hall–Kier alpha value is -1.34. The molecule has 0 fully saturated rings. The second-order valence-corrected chi connectivity index (χ2v) is 6.22. The average Bonchev–Trinajstić information content (AvgIpc) is 2.88. The fourth-order valence-electron chi connectivity index (χ4n) is 1.81. The van der Waals surface area contributed by atoms with Crippen molar-refractivity contribution in [1.82, 2.24) is 15.0 Å². The molecule has 3 rings (SSSR count). The summed E-state index contributed by atoms with van der Waals surface area (Å²) in [5, 5.41) is 8.54. The predicted octanol–water partition coefficient (Wildman–Crippen LogP) is 4.30. The zero-order valence-corrected chi connectivity index (χ0v) is 13.6. The van der Waals surface area contributed by atoms with E-state index in [1.165, 1.54) is 4.90 Å². The summed E-state index contributed by atoms with van der Waals surface area (Å²) in [6, 6.07) is 20.5. The Morgan fingerprint density at radius 3 is 2.30 bits per heavy atom. The lowest BCUT2D eigenvalue weighted by Gasteiger charge is -2.03. The molecule has 20 heavy (non-hydrogen) atoms. The minimum absolute atomic E-state index is 0.766. The molecular formula is C15H12IN3S. The van der Waals surface area contributed by atoms with Crippen molar-refractivity contribution in [2.24, 2.45) is 0 Å². The minimum atomic E-state index is 0.766. The summed E-state index contributed by atoms with van der Waals surface area (Å²) in [6.45, 7) is 0. The van der Waals surface area contributed by atoms with Crippen LogP contribution in [-0.4, -0.2) is 15.0 Å². The van der Waals surface area contributed by atoms with Crippen LogP contribution in [0.3, 0.4) is 0 Å². The van der Waals surface area contributed by atoms with E-state index in [1.54, 1.807) is 11.8 Å². The number of benzene rings is 2. The molecule has 0 unspecified atom stereocenters. The summed E-state index contributed by atoms with van der Waals surface area (Å²) < 4.78 is 3.00. The maximum Gasteiger partial charge on any atom is 0.128 e. The van der Waals surface area contributed by atoms with E-state index >= 15 is 0 Å². The molecule has 0 saturated carbocycles. The van der Waals surface area contributed by atoms with Crippen molar-refractivity contribution in [2.45, 2.75) is 10.8 Å². The van der Waals surface area contributed by atoms with Crippen LogP contribution in [0.15, 0.2) is 65.6 Å². The first kappa shape index (κ1) is 13.6.